The third kappa shape index (κ3) is 2.94. The molecule has 0 aliphatic heterocycles. The summed E-state index contributed by atoms with van der Waals surface area (Å²) in [5.41, 5.74) is 6.32. The molecule has 0 radical (unpaired) electrons. The van der Waals surface area contributed by atoms with Crippen LogP contribution in [0.25, 0.3) is 0 Å². The third-order valence-electron chi connectivity index (χ3n) is 10.4. The highest BCUT2D eigenvalue weighted by molar-refractivity contribution is 5.90. The van der Waals surface area contributed by atoms with Crippen molar-refractivity contribution < 1.29 is 19.5 Å². The molecular weight excluding hydrogens is 378 g/mol. The molecule has 3 unspecified atom stereocenters. The number of aliphatic carboxylic acids is 1. The number of rotatable bonds is 5. The molecule has 0 aromatic heterocycles. The van der Waals surface area contributed by atoms with E-state index in [2.05, 4.69) is 20.8 Å². The molecule has 3 N–H and O–H groups in total. The zero-order valence-electron chi connectivity index (χ0n) is 18.9. The second-order valence-corrected chi connectivity index (χ2v) is 11.4. The van der Waals surface area contributed by atoms with E-state index in [0.29, 0.717) is 36.9 Å². The molecule has 8 atom stereocenters. The Balaban J connectivity index is 1.65. The smallest absolute Gasteiger partial charge is 0.303 e. The van der Waals surface area contributed by atoms with Crippen LogP contribution in [0.4, 0.5) is 0 Å². The standard InChI is InChI=1S/C25H39NO4/c1-4-17-22(30)21-18-9-8-15(6-5-7-20(28)29)23(18,2)12-11-19(21)24(3)13-10-16(27)14-25(17,24)26/h15,17-19,21H,4-14,26H2,1-3H3,(H,28,29)/t15-,17-,18?,19?,21?,23+,24+,25+/m0/s1. The van der Waals surface area contributed by atoms with E-state index in [1.165, 1.54) is 0 Å². The fourth-order valence-corrected chi connectivity index (χ4v) is 8.69. The van der Waals surface area contributed by atoms with Crippen molar-refractivity contribution in [1.29, 1.82) is 0 Å². The molecule has 5 nitrogen and oxygen atoms in total. The number of Topliss-reactive ketones (excluding diaryl/α,β-unsaturated/α-hetero) is 2. The monoisotopic (exact) mass is 417 g/mol. The molecule has 0 spiro atoms. The van der Waals surface area contributed by atoms with Crippen LogP contribution >= 0.6 is 0 Å². The van der Waals surface area contributed by atoms with Gasteiger partial charge in [-0.15, -0.1) is 0 Å². The Morgan fingerprint density at radius 1 is 1.13 bits per heavy atom. The Hall–Kier alpha value is -1.23. The van der Waals surface area contributed by atoms with Gasteiger partial charge in [-0.05, 0) is 80.0 Å². The first kappa shape index (κ1) is 22.0. The van der Waals surface area contributed by atoms with Crippen LogP contribution in [0.15, 0.2) is 0 Å². The van der Waals surface area contributed by atoms with Gasteiger partial charge in [0.25, 0.3) is 0 Å². The van der Waals surface area contributed by atoms with E-state index in [4.69, 9.17) is 10.8 Å². The van der Waals surface area contributed by atoms with Crippen molar-refractivity contribution in [1.82, 2.24) is 0 Å². The molecule has 4 aliphatic carbocycles. The quantitative estimate of drug-likeness (QED) is 0.692. The summed E-state index contributed by atoms with van der Waals surface area (Å²) in [6.45, 7) is 6.72. The van der Waals surface area contributed by atoms with E-state index in [1.54, 1.807) is 0 Å². The second kappa shape index (κ2) is 7.43. The molecule has 0 saturated heterocycles. The normalized spacial score (nSPS) is 48.1. The molecule has 5 heteroatoms. The number of fused-ring (bicyclic) bond motifs is 5. The van der Waals surface area contributed by atoms with Crippen molar-refractivity contribution >= 4 is 17.5 Å². The van der Waals surface area contributed by atoms with Crippen molar-refractivity contribution in [2.75, 3.05) is 0 Å². The number of ketones is 2. The minimum atomic E-state index is -0.717. The maximum atomic E-state index is 13.9. The first-order chi connectivity index (χ1) is 14.1. The average Bonchev–Trinajstić information content (AvgIpc) is 3.00. The Morgan fingerprint density at radius 3 is 2.53 bits per heavy atom. The molecule has 0 bridgehead atoms. The molecule has 4 aliphatic rings. The van der Waals surface area contributed by atoms with E-state index in [0.717, 1.165) is 44.9 Å². The molecule has 0 aromatic carbocycles. The van der Waals surface area contributed by atoms with Gasteiger partial charge in [-0.3, -0.25) is 14.4 Å². The molecule has 168 valence electrons. The molecule has 4 rings (SSSR count). The highest BCUT2D eigenvalue weighted by Crippen LogP contribution is 2.68. The molecule has 0 heterocycles. The van der Waals surface area contributed by atoms with Gasteiger partial charge < -0.3 is 10.8 Å². The molecule has 4 saturated carbocycles. The summed E-state index contributed by atoms with van der Waals surface area (Å²) < 4.78 is 0. The summed E-state index contributed by atoms with van der Waals surface area (Å²) in [5.74, 6) is 0.855. The van der Waals surface area contributed by atoms with Crippen molar-refractivity contribution in [2.24, 2.45) is 46.2 Å². The lowest BCUT2D eigenvalue weighted by molar-refractivity contribution is -0.173. The van der Waals surface area contributed by atoms with Crippen molar-refractivity contribution in [3.8, 4) is 0 Å². The lowest BCUT2D eigenvalue weighted by Gasteiger charge is -2.65. The highest BCUT2D eigenvalue weighted by Gasteiger charge is 2.68. The van der Waals surface area contributed by atoms with Gasteiger partial charge in [-0.25, -0.2) is 0 Å². The van der Waals surface area contributed by atoms with E-state index in [1.807, 2.05) is 0 Å². The number of nitrogens with two attached hydrogens (primary N) is 1. The lowest BCUT2D eigenvalue weighted by Crippen LogP contribution is -2.73. The van der Waals surface area contributed by atoms with Gasteiger partial charge in [0, 0.05) is 36.6 Å². The Kier molecular flexibility index (Phi) is 5.44. The predicted molar refractivity (Wildman–Crippen MR) is 115 cm³/mol. The number of carbonyl (C=O) groups excluding carboxylic acids is 2. The predicted octanol–water partition coefficient (Wildman–Crippen LogP) is 4.37. The summed E-state index contributed by atoms with van der Waals surface area (Å²) in [7, 11) is 0. The second-order valence-electron chi connectivity index (χ2n) is 11.4. The minimum absolute atomic E-state index is 0.0630. The van der Waals surface area contributed by atoms with Crippen LogP contribution in [0.2, 0.25) is 0 Å². The molecule has 0 amide bonds. The molecular formula is C25H39NO4. The SMILES string of the molecule is CC[C@H]1C(=O)C2C3CC[C@H](CCCC(=O)O)[C@@]3(C)CCC2[C@@]2(C)CCC(=O)C[C@@]12N. The number of carbonyl (C=O) groups is 3. The first-order valence-corrected chi connectivity index (χ1v) is 12.1. The summed E-state index contributed by atoms with van der Waals surface area (Å²) in [5, 5.41) is 9.03. The van der Waals surface area contributed by atoms with Gasteiger partial charge in [0.05, 0.1) is 0 Å². The minimum Gasteiger partial charge on any atom is -0.481 e. The number of carboxylic acid groups (broad SMARTS) is 1. The summed E-state index contributed by atoms with van der Waals surface area (Å²) in [6, 6.07) is 0. The molecule has 30 heavy (non-hydrogen) atoms. The topological polar surface area (TPSA) is 97.5 Å². The van der Waals surface area contributed by atoms with E-state index in [9.17, 15) is 14.4 Å². The van der Waals surface area contributed by atoms with Crippen molar-refractivity contribution in [3.05, 3.63) is 0 Å². The number of hydrogen-bond donors (Lipinski definition) is 2. The van der Waals surface area contributed by atoms with E-state index >= 15 is 0 Å². The number of carboxylic acids is 1. The van der Waals surface area contributed by atoms with E-state index in [-0.39, 0.29) is 40.8 Å². The maximum absolute atomic E-state index is 13.9. The largest absolute Gasteiger partial charge is 0.481 e. The van der Waals surface area contributed by atoms with Gasteiger partial charge in [0.1, 0.15) is 11.6 Å². The molecule has 0 aromatic rings. The van der Waals surface area contributed by atoms with Gasteiger partial charge in [-0.2, -0.15) is 0 Å². The zero-order chi connectivity index (χ0) is 21.9. The van der Waals surface area contributed by atoms with Gasteiger partial charge in [-0.1, -0.05) is 20.8 Å². The van der Waals surface area contributed by atoms with Gasteiger partial charge in [0.2, 0.25) is 0 Å². The van der Waals surface area contributed by atoms with Crippen LogP contribution in [0.1, 0.15) is 91.4 Å². The average molecular weight is 418 g/mol. The van der Waals surface area contributed by atoms with Crippen LogP contribution < -0.4 is 5.73 Å². The van der Waals surface area contributed by atoms with Crippen LogP contribution in [-0.2, 0) is 14.4 Å². The van der Waals surface area contributed by atoms with Crippen molar-refractivity contribution in [3.63, 3.8) is 0 Å². The lowest BCUT2D eigenvalue weighted by atomic mass is 9.39. The third-order valence-corrected chi connectivity index (χ3v) is 10.4. The number of hydrogen-bond acceptors (Lipinski definition) is 4. The van der Waals surface area contributed by atoms with Crippen LogP contribution in [0, 0.1) is 40.4 Å². The first-order valence-electron chi connectivity index (χ1n) is 12.1. The Labute approximate surface area is 180 Å². The van der Waals surface area contributed by atoms with E-state index < -0.39 is 11.5 Å². The summed E-state index contributed by atoms with van der Waals surface area (Å²) in [4.78, 5) is 37.3. The van der Waals surface area contributed by atoms with Crippen LogP contribution in [-0.4, -0.2) is 28.2 Å². The maximum Gasteiger partial charge on any atom is 0.303 e. The highest BCUT2D eigenvalue weighted by atomic mass is 16.4. The van der Waals surface area contributed by atoms with Crippen LogP contribution in [0.3, 0.4) is 0 Å². The van der Waals surface area contributed by atoms with Crippen molar-refractivity contribution in [2.45, 2.75) is 96.9 Å². The Bertz CT molecular complexity index is 749. The summed E-state index contributed by atoms with van der Waals surface area (Å²) >= 11 is 0. The summed E-state index contributed by atoms with van der Waals surface area (Å²) in [6.07, 6.45) is 8.70. The van der Waals surface area contributed by atoms with Gasteiger partial charge >= 0.3 is 5.97 Å². The fraction of sp³-hybridized carbons (Fsp3) is 0.880. The zero-order valence-corrected chi connectivity index (χ0v) is 18.9. The Morgan fingerprint density at radius 2 is 1.87 bits per heavy atom. The fourth-order valence-electron chi connectivity index (χ4n) is 8.69. The van der Waals surface area contributed by atoms with Crippen LogP contribution in [0.5, 0.6) is 0 Å². The molecule has 4 fully saturated rings. The van der Waals surface area contributed by atoms with Gasteiger partial charge in [0.15, 0.2) is 0 Å².